The number of para-hydroxylation sites is 1. The zero-order valence-corrected chi connectivity index (χ0v) is 15.1. The molecule has 146 valence electrons. The quantitative estimate of drug-likeness (QED) is 0.372. The van der Waals surface area contributed by atoms with Crippen LogP contribution in [0.1, 0.15) is 21.5 Å². The van der Waals surface area contributed by atoms with Gasteiger partial charge in [0.05, 0.1) is 11.1 Å². The Kier molecular flexibility index (Phi) is 6.26. The zero-order chi connectivity index (χ0) is 20.6. The Morgan fingerprint density at radius 1 is 1.10 bits per heavy atom. The van der Waals surface area contributed by atoms with Crippen LogP contribution in [0.4, 0.5) is 10.1 Å². The molecule has 0 saturated heterocycles. The van der Waals surface area contributed by atoms with E-state index in [-0.39, 0.29) is 23.7 Å². The lowest BCUT2D eigenvalue weighted by Crippen LogP contribution is -2.18. The van der Waals surface area contributed by atoms with E-state index in [0.717, 1.165) is 5.56 Å². The number of nitrogens with zero attached hydrogens (tertiary/aromatic N) is 2. The minimum Gasteiger partial charge on any atom is -0.489 e. The number of hydrogen-bond donors (Lipinski definition) is 1. The van der Waals surface area contributed by atoms with Crippen LogP contribution < -0.4 is 10.2 Å². The molecule has 0 atom stereocenters. The summed E-state index contributed by atoms with van der Waals surface area (Å²) in [7, 11) is 0. The van der Waals surface area contributed by atoms with Crippen molar-refractivity contribution in [1.29, 1.82) is 0 Å². The highest BCUT2D eigenvalue weighted by Gasteiger charge is 2.18. The average Bonchev–Trinajstić information content (AvgIpc) is 2.73. The molecule has 0 aliphatic carbocycles. The number of hydrazone groups is 1. The van der Waals surface area contributed by atoms with Gasteiger partial charge in [0, 0.05) is 6.07 Å². The van der Waals surface area contributed by atoms with E-state index in [9.17, 15) is 19.3 Å². The first-order chi connectivity index (χ1) is 14.0. The number of carbonyl (C=O) groups excluding carboxylic acids is 1. The third kappa shape index (κ3) is 5.46. The van der Waals surface area contributed by atoms with Crippen molar-refractivity contribution in [2.45, 2.75) is 6.61 Å². The van der Waals surface area contributed by atoms with Gasteiger partial charge in [0.25, 0.3) is 11.6 Å². The number of carbonyl (C=O) groups is 1. The van der Waals surface area contributed by atoms with E-state index in [1.165, 1.54) is 42.6 Å². The fourth-order valence-corrected chi connectivity index (χ4v) is 2.48. The maximum Gasteiger partial charge on any atom is 0.282 e. The summed E-state index contributed by atoms with van der Waals surface area (Å²) in [5, 5.41) is 14.8. The molecule has 3 rings (SSSR count). The summed E-state index contributed by atoms with van der Waals surface area (Å²) in [6.45, 7) is 0.273. The lowest BCUT2D eigenvalue weighted by atomic mass is 10.2. The molecule has 0 heterocycles. The van der Waals surface area contributed by atoms with Crippen LogP contribution in [-0.4, -0.2) is 17.0 Å². The van der Waals surface area contributed by atoms with Gasteiger partial charge in [-0.15, -0.1) is 0 Å². The van der Waals surface area contributed by atoms with Crippen LogP contribution in [0.5, 0.6) is 5.75 Å². The van der Waals surface area contributed by atoms with Crippen LogP contribution in [0.15, 0.2) is 77.9 Å². The Bertz CT molecular complexity index is 1050. The molecule has 29 heavy (non-hydrogen) atoms. The molecule has 1 N–H and O–H groups in total. The van der Waals surface area contributed by atoms with E-state index in [1.54, 1.807) is 36.4 Å². The normalized spacial score (nSPS) is 10.7. The van der Waals surface area contributed by atoms with Gasteiger partial charge in [-0.1, -0.05) is 36.4 Å². The van der Waals surface area contributed by atoms with Gasteiger partial charge in [0.1, 0.15) is 23.7 Å². The van der Waals surface area contributed by atoms with Crippen molar-refractivity contribution >= 4 is 17.8 Å². The molecule has 7 nitrogen and oxygen atoms in total. The van der Waals surface area contributed by atoms with E-state index >= 15 is 0 Å². The smallest absolute Gasteiger partial charge is 0.282 e. The molecule has 3 aromatic rings. The summed E-state index contributed by atoms with van der Waals surface area (Å²) in [6.07, 6.45) is 1.40. The minimum absolute atomic E-state index is 0.0777. The van der Waals surface area contributed by atoms with Gasteiger partial charge in [-0.2, -0.15) is 5.10 Å². The number of ether oxygens (including phenoxy) is 1. The van der Waals surface area contributed by atoms with E-state index < -0.39 is 10.8 Å². The first-order valence-corrected chi connectivity index (χ1v) is 8.57. The fourth-order valence-electron chi connectivity index (χ4n) is 2.48. The van der Waals surface area contributed by atoms with Crippen molar-refractivity contribution in [3.8, 4) is 5.75 Å². The van der Waals surface area contributed by atoms with Crippen LogP contribution >= 0.6 is 0 Å². The van der Waals surface area contributed by atoms with E-state index in [2.05, 4.69) is 10.5 Å². The Morgan fingerprint density at radius 2 is 1.86 bits per heavy atom. The van der Waals surface area contributed by atoms with Gasteiger partial charge >= 0.3 is 0 Å². The van der Waals surface area contributed by atoms with Crippen molar-refractivity contribution < 1.29 is 18.8 Å². The van der Waals surface area contributed by atoms with Crippen LogP contribution in [0, 0.1) is 15.9 Å². The van der Waals surface area contributed by atoms with Gasteiger partial charge in [0.15, 0.2) is 0 Å². The van der Waals surface area contributed by atoms with Crippen molar-refractivity contribution in [3.63, 3.8) is 0 Å². The predicted octanol–water partition coefficient (Wildman–Crippen LogP) is 4.08. The number of nitro benzene ring substituents is 1. The molecule has 3 aromatic carbocycles. The molecular weight excluding hydrogens is 377 g/mol. The molecule has 0 radical (unpaired) electrons. The molecule has 0 saturated carbocycles. The second kappa shape index (κ2) is 9.23. The summed E-state index contributed by atoms with van der Waals surface area (Å²) in [4.78, 5) is 22.5. The second-order valence-corrected chi connectivity index (χ2v) is 5.96. The van der Waals surface area contributed by atoms with Crippen LogP contribution in [-0.2, 0) is 6.61 Å². The van der Waals surface area contributed by atoms with Crippen LogP contribution in [0.25, 0.3) is 0 Å². The van der Waals surface area contributed by atoms with Gasteiger partial charge in [-0.05, 0) is 41.5 Å². The molecular formula is C21H16FN3O4. The number of halogens is 1. The Labute approximate surface area is 165 Å². The number of hydrogen-bond acceptors (Lipinski definition) is 5. The highest BCUT2D eigenvalue weighted by Crippen LogP contribution is 2.17. The first kappa shape index (κ1) is 19.7. The van der Waals surface area contributed by atoms with Crippen LogP contribution in [0.3, 0.4) is 0 Å². The van der Waals surface area contributed by atoms with E-state index in [4.69, 9.17) is 4.74 Å². The number of nitro groups is 1. The van der Waals surface area contributed by atoms with Gasteiger partial charge in [-0.25, -0.2) is 9.82 Å². The molecule has 0 unspecified atom stereocenters. The zero-order valence-electron chi connectivity index (χ0n) is 15.1. The molecule has 0 fully saturated rings. The first-order valence-electron chi connectivity index (χ1n) is 8.57. The molecule has 8 heteroatoms. The van der Waals surface area contributed by atoms with E-state index in [1.807, 2.05) is 0 Å². The van der Waals surface area contributed by atoms with Crippen molar-refractivity contribution in [3.05, 3.63) is 105 Å². The maximum absolute atomic E-state index is 12.9. The third-order valence-electron chi connectivity index (χ3n) is 3.90. The summed E-state index contributed by atoms with van der Waals surface area (Å²) < 4.78 is 18.6. The molecule has 0 aromatic heterocycles. The second-order valence-electron chi connectivity index (χ2n) is 5.96. The summed E-state index contributed by atoms with van der Waals surface area (Å²) in [5.74, 6) is -0.421. The van der Waals surface area contributed by atoms with Gasteiger partial charge in [0.2, 0.25) is 0 Å². The molecule has 1 amide bonds. The Balaban J connectivity index is 1.61. The Hall–Kier alpha value is -4.07. The number of nitrogens with one attached hydrogen (secondary N) is 1. The largest absolute Gasteiger partial charge is 0.489 e. The fraction of sp³-hybridized carbons (Fsp3) is 0.0476. The lowest BCUT2D eigenvalue weighted by molar-refractivity contribution is -0.385. The summed E-state index contributed by atoms with van der Waals surface area (Å²) >= 11 is 0. The lowest BCUT2D eigenvalue weighted by Gasteiger charge is -2.07. The maximum atomic E-state index is 12.9. The van der Waals surface area contributed by atoms with Gasteiger partial charge < -0.3 is 4.74 Å². The molecule has 0 aliphatic heterocycles. The number of rotatable bonds is 7. The van der Waals surface area contributed by atoms with Gasteiger partial charge in [-0.3, -0.25) is 14.9 Å². The molecule has 0 bridgehead atoms. The third-order valence-corrected chi connectivity index (χ3v) is 3.90. The molecule has 0 aliphatic rings. The summed E-state index contributed by atoms with van der Waals surface area (Å²) in [6, 6.07) is 18.6. The van der Waals surface area contributed by atoms with Crippen molar-refractivity contribution in [2.75, 3.05) is 0 Å². The highest BCUT2D eigenvalue weighted by molar-refractivity contribution is 5.98. The number of benzene rings is 3. The SMILES string of the molecule is O=C(N/N=C\c1cccc(OCc2ccc(F)cc2)c1)c1ccccc1[N+](=O)[O-]. The van der Waals surface area contributed by atoms with E-state index in [0.29, 0.717) is 11.3 Å². The predicted molar refractivity (Wildman–Crippen MR) is 105 cm³/mol. The van der Waals surface area contributed by atoms with Crippen molar-refractivity contribution in [2.24, 2.45) is 5.10 Å². The van der Waals surface area contributed by atoms with Crippen LogP contribution in [0.2, 0.25) is 0 Å². The van der Waals surface area contributed by atoms with Crippen molar-refractivity contribution in [1.82, 2.24) is 5.43 Å². The number of amides is 1. The monoisotopic (exact) mass is 393 g/mol. The highest BCUT2D eigenvalue weighted by atomic mass is 19.1. The topological polar surface area (TPSA) is 93.8 Å². The summed E-state index contributed by atoms with van der Waals surface area (Å²) in [5.41, 5.74) is 3.38. The minimum atomic E-state index is -0.683. The molecule has 0 spiro atoms. The average molecular weight is 393 g/mol. The standard InChI is InChI=1S/C21H16FN3O4/c22-17-10-8-15(9-11-17)14-29-18-5-3-4-16(12-18)13-23-24-21(26)19-6-1-2-7-20(19)25(27)28/h1-13H,14H2,(H,24,26)/b23-13-. The Morgan fingerprint density at radius 3 is 2.62 bits per heavy atom.